The molecule has 5 heteroatoms. The number of rotatable bonds is 6. The zero-order chi connectivity index (χ0) is 14.4. The number of unbranched alkanes of at least 4 members (excludes halogenated alkanes) is 2. The fraction of sp³-hybridized carbons (Fsp3) is 0.400. The second-order valence-electron chi connectivity index (χ2n) is 4.74. The van der Waals surface area contributed by atoms with Gasteiger partial charge in [0.15, 0.2) is 0 Å². The number of hydrogen-bond donors (Lipinski definition) is 1. The van der Waals surface area contributed by atoms with Gasteiger partial charge in [-0.3, -0.25) is 14.3 Å². The van der Waals surface area contributed by atoms with Gasteiger partial charge in [0, 0.05) is 11.9 Å². The summed E-state index contributed by atoms with van der Waals surface area (Å²) < 4.78 is 1.56. The third-order valence-electron chi connectivity index (χ3n) is 3.16. The van der Waals surface area contributed by atoms with Gasteiger partial charge < -0.3 is 5.32 Å². The van der Waals surface area contributed by atoms with Crippen LogP contribution in [-0.2, 0) is 11.3 Å². The van der Waals surface area contributed by atoms with Crippen molar-refractivity contribution in [3.05, 3.63) is 40.7 Å². The highest BCUT2D eigenvalue weighted by Crippen LogP contribution is 2.07. The number of fused-ring (bicyclic) bond motifs is 1. The normalized spacial score (nSPS) is 10.7. The molecule has 0 spiro atoms. The van der Waals surface area contributed by atoms with E-state index in [0.29, 0.717) is 17.4 Å². The number of nitrogens with zero attached hydrogens (tertiary/aromatic N) is 2. The van der Waals surface area contributed by atoms with Crippen LogP contribution in [0.25, 0.3) is 10.9 Å². The summed E-state index contributed by atoms with van der Waals surface area (Å²) in [6, 6.07) is 7.18. The molecule has 0 radical (unpaired) electrons. The van der Waals surface area contributed by atoms with Gasteiger partial charge in [-0.05, 0) is 18.6 Å². The van der Waals surface area contributed by atoms with Gasteiger partial charge in [0.05, 0.1) is 11.7 Å². The molecule has 0 bridgehead atoms. The highest BCUT2D eigenvalue weighted by molar-refractivity contribution is 5.81. The smallest absolute Gasteiger partial charge is 0.241 e. The minimum atomic E-state index is -0.125. The molecular weight excluding hydrogens is 254 g/mol. The molecule has 2 aromatic rings. The molecule has 1 N–H and O–H groups in total. The lowest BCUT2D eigenvalue weighted by Gasteiger charge is -2.09. The average molecular weight is 273 g/mol. The number of aromatic nitrogens is 2. The van der Waals surface area contributed by atoms with Gasteiger partial charge in [0.1, 0.15) is 6.54 Å². The van der Waals surface area contributed by atoms with Gasteiger partial charge in [-0.2, -0.15) is 5.10 Å². The van der Waals surface area contributed by atoms with Crippen molar-refractivity contribution in [2.24, 2.45) is 0 Å². The molecule has 0 saturated heterocycles. The molecule has 1 amide bonds. The Kier molecular flexibility index (Phi) is 4.87. The molecule has 0 unspecified atom stereocenters. The average Bonchev–Trinajstić information content (AvgIpc) is 2.47. The molecule has 0 aliphatic rings. The second kappa shape index (κ2) is 6.84. The molecule has 0 aliphatic heterocycles. The van der Waals surface area contributed by atoms with E-state index in [4.69, 9.17) is 0 Å². The highest BCUT2D eigenvalue weighted by Gasteiger charge is 2.07. The van der Waals surface area contributed by atoms with Crippen LogP contribution in [0.1, 0.15) is 26.2 Å². The Balaban J connectivity index is 2.08. The van der Waals surface area contributed by atoms with E-state index in [1.165, 1.54) is 6.20 Å². The van der Waals surface area contributed by atoms with E-state index < -0.39 is 0 Å². The van der Waals surface area contributed by atoms with Crippen LogP contribution in [0.3, 0.4) is 0 Å². The topological polar surface area (TPSA) is 64.0 Å². The summed E-state index contributed by atoms with van der Waals surface area (Å²) in [5.41, 5.74) is 0.559. The fourth-order valence-electron chi connectivity index (χ4n) is 2.08. The Morgan fingerprint density at radius 3 is 2.90 bits per heavy atom. The Labute approximate surface area is 117 Å². The van der Waals surface area contributed by atoms with Crippen LogP contribution in [-0.4, -0.2) is 22.2 Å². The van der Waals surface area contributed by atoms with Crippen LogP contribution in [0.5, 0.6) is 0 Å². The molecular formula is C15H19N3O2. The van der Waals surface area contributed by atoms with Crippen molar-refractivity contribution in [1.29, 1.82) is 0 Å². The van der Waals surface area contributed by atoms with Crippen molar-refractivity contribution in [2.75, 3.05) is 6.54 Å². The van der Waals surface area contributed by atoms with Crippen LogP contribution in [0.4, 0.5) is 0 Å². The Morgan fingerprint density at radius 1 is 1.30 bits per heavy atom. The molecule has 2 rings (SSSR count). The number of nitrogens with one attached hydrogen (secondary N) is 1. The molecule has 1 aromatic heterocycles. The van der Waals surface area contributed by atoms with Crippen molar-refractivity contribution in [2.45, 2.75) is 32.7 Å². The molecule has 20 heavy (non-hydrogen) atoms. The van der Waals surface area contributed by atoms with Crippen molar-refractivity contribution in [3.8, 4) is 0 Å². The SMILES string of the molecule is CCCCCNC(=O)Cn1ncc(=O)c2ccccc21. The first-order chi connectivity index (χ1) is 9.72. The number of amides is 1. The van der Waals surface area contributed by atoms with Crippen molar-refractivity contribution < 1.29 is 4.79 Å². The zero-order valence-corrected chi connectivity index (χ0v) is 11.6. The predicted molar refractivity (Wildman–Crippen MR) is 78.5 cm³/mol. The molecule has 1 aromatic carbocycles. The van der Waals surface area contributed by atoms with Crippen LogP contribution in [0.15, 0.2) is 35.3 Å². The molecule has 0 fully saturated rings. The maximum Gasteiger partial charge on any atom is 0.241 e. The Bertz CT molecular complexity index is 649. The largest absolute Gasteiger partial charge is 0.354 e. The second-order valence-corrected chi connectivity index (χ2v) is 4.74. The molecule has 0 atom stereocenters. The van der Waals surface area contributed by atoms with Gasteiger partial charge in [0.2, 0.25) is 11.3 Å². The minimum Gasteiger partial charge on any atom is -0.354 e. The first kappa shape index (κ1) is 14.2. The standard InChI is InChI=1S/C15H19N3O2/c1-2-3-6-9-16-15(20)11-18-13-8-5-4-7-12(13)14(19)10-17-18/h4-5,7-8,10H,2-3,6,9,11H2,1H3,(H,16,20). The van der Waals surface area contributed by atoms with Crippen molar-refractivity contribution in [3.63, 3.8) is 0 Å². The Hall–Kier alpha value is -2.17. The quantitative estimate of drug-likeness (QED) is 0.815. The van der Waals surface area contributed by atoms with E-state index in [1.807, 2.05) is 6.07 Å². The number of hydrogen-bond acceptors (Lipinski definition) is 3. The Morgan fingerprint density at radius 2 is 2.10 bits per heavy atom. The number of para-hydroxylation sites is 1. The zero-order valence-electron chi connectivity index (χ0n) is 11.6. The number of carbonyl (C=O) groups excluding carboxylic acids is 1. The fourth-order valence-corrected chi connectivity index (χ4v) is 2.08. The number of benzene rings is 1. The summed E-state index contributed by atoms with van der Waals surface area (Å²) in [5, 5.41) is 7.49. The maximum absolute atomic E-state index is 11.9. The molecule has 5 nitrogen and oxygen atoms in total. The first-order valence-electron chi connectivity index (χ1n) is 6.94. The van der Waals surface area contributed by atoms with Crippen LogP contribution < -0.4 is 10.7 Å². The van der Waals surface area contributed by atoms with Crippen LogP contribution >= 0.6 is 0 Å². The van der Waals surface area contributed by atoms with Gasteiger partial charge in [0.25, 0.3) is 0 Å². The van der Waals surface area contributed by atoms with Crippen molar-refractivity contribution >= 4 is 16.8 Å². The highest BCUT2D eigenvalue weighted by atomic mass is 16.2. The van der Waals surface area contributed by atoms with Crippen molar-refractivity contribution in [1.82, 2.24) is 15.1 Å². The molecule has 106 valence electrons. The summed E-state index contributed by atoms with van der Waals surface area (Å²) in [4.78, 5) is 23.5. The first-order valence-corrected chi connectivity index (χ1v) is 6.94. The van der Waals surface area contributed by atoms with Gasteiger partial charge in [-0.15, -0.1) is 0 Å². The summed E-state index contributed by atoms with van der Waals surface area (Å²) in [6.07, 6.45) is 4.48. The summed E-state index contributed by atoms with van der Waals surface area (Å²) >= 11 is 0. The molecule has 1 heterocycles. The predicted octanol–water partition coefficient (Wildman–Crippen LogP) is 1.70. The van der Waals surface area contributed by atoms with Crippen LogP contribution in [0.2, 0.25) is 0 Å². The maximum atomic E-state index is 11.9. The molecule has 0 saturated carbocycles. The summed E-state index contributed by atoms with van der Waals surface area (Å²) in [5.74, 6) is -0.0811. The van der Waals surface area contributed by atoms with Gasteiger partial charge >= 0.3 is 0 Å². The van der Waals surface area contributed by atoms with E-state index in [9.17, 15) is 9.59 Å². The number of carbonyl (C=O) groups is 1. The van der Waals surface area contributed by atoms with E-state index in [-0.39, 0.29) is 17.9 Å². The van der Waals surface area contributed by atoms with E-state index >= 15 is 0 Å². The lowest BCUT2D eigenvalue weighted by molar-refractivity contribution is -0.121. The van der Waals surface area contributed by atoms with Gasteiger partial charge in [-0.25, -0.2) is 0 Å². The lowest BCUT2D eigenvalue weighted by Crippen LogP contribution is -2.29. The van der Waals surface area contributed by atoms with Gasteiger partial charge in [-0.1, -0.05) is 31.9 Å². The lowest BCUT2D eigenvalue weighted by atomic mass is 10.2. The minimum absolute atomic E-state index is 0.0811. The third kappa shape index (κ3) is 3.44. The van der Waals surface area contributed by atoms with E-state index in [2.05, 4.69) is 17.3 Å². The van der Waals surface area contributed by atoms with E-state index in [1.54, 1.807) is 22.9 Å². The monoisotopic (exact) mass is 273 g/mol. The summed E-state index contributed by atoms with van der Waals surface area (Å²) in [7, 11) is 0. The van der Waals surface area contributed by atoms with Crippen LogP contribution in [0, 0.1) is 0 Å². The summed E-state index contributed by atoms with van der Waals surface area (Å²) in [6.45, 7) is 2.94. The third-order valence-corrected chi connectivity index (χ3v) is 3.16. The molecule has 0 aliphatic carbocycles. The van der Waals surface area contributed by atoms with E-state index in [0.717, 1.165) is 19.3 Å².